The standard InChI is InChI=1S/C34H34N4/c1-17(2)33-35-29-11-7-21-13-25-19(15-27(21)31(29)37-33)5-9-24-23(25)10-6-20-16-28-22(14-26(20)24)8-12-30-32(28)38-34(36-30)18(3)4/h5,9,13-18H,6-8,10-12H2,1-4H3,(H,35,37)(H,36,38). The summed E-state index contributed by atoms with van der Waals surface area (Å²) in [6.45, 7) is 8.85. The summed E-state index contributed by atoms with van der Waals surface area (Å²) in [5.41, 5.74) is 16.4. The Labute approximate surface area is 224 Å². The van der Waals surface area contributed by atoms with E-state index in [4.69, 9.17) is 9.97 Å². The van der Waals surface area contributed by atoms with Crippen LogP contribution in [0.2, 0.25) is 0 Å². The lowest BCUT2D eigenvalue weighted by atomic mass is 9.78. The normalized spacial score (nSPS) is 15.2. The molecule has 0 amide bonds. The first-order chi connectivity index (χ1) is 18.4. The van der Waals surface area contributed by atoms with Crippen molar-refractivity contribution >= 4 is 10.8 Å². The van der Waals surface area contributed by atoms with Gasteiger partial charge in [-0.3, -0.25) is 0 Å². The number of aryl methyl sites for hydroxylation is 6. The van der Waals surface area contributed by atoms with Crippen molar-refractivity contribution in [2.24, 2.45) is 0 Å². The van der Waals surface area contributed by atoms with E-state index in [0.717, 1.165) is 50.2 Å². The number of hydrogen-bond donors (Lipinski definition) is 2. The SMILES string of the molecule is CC(C)c1nc2c([nH]1)CCc1cc3c(cc1-2)CCc1c-3ccc2cc3c(cc12)CCc1[nH]c(C(C)C)nc1-3. The summed E-state index contributed by atoms with van der Waals surface area (Å²) >= 11 is 0. The van der Waals surface area contributed by atoms with Crippen molar-refractivity contribution in [1.29, 1.82) is 0 Å². The highest BCUT2D eigenvalue weighted by Crippen LogP contribution is 2.44. The molecule has 0 fully saturated rings. The van der Waals surface area contributed by atoms with Crippen LogP contribution in [0, 0.1) is 0 Å². The highest BCUT2D eigenvalue weighted by Gasteiger charge is 2.27. The van der Waals surface area contributed by atoms with Crippen LogP contribution in [0.3, 0.4) is 0 Å². The van der Waals surface area contributed by atoms with Crippen molar-refractivity contribution in [3.05, 3.63) is 81.7 Å². The molecule has 0 saturated carbocycles. The van der Waals surface area contributed by atoms with Gasteiger partial charge in [0.05, 0.1) is 11.4 Å². The number of aromatic amines is 2. The Kier molecular flexibility index (Phi) is 4.66. The van der Waals surface area contributed by atoms with Gasteiger partial charge in [-0.2, -0.15) is 0 Å². The summed E-state index contributed by atoms with van der Waals surface area (Å²) in [6, 6.07) is 14.6. The first kappa shape index (κ1) is 22.3. The van der Waals surface area contributed by atoms with E-state index >= 15 is 0 Å². The Morgan fingerprint density at radius 1 is 0.579 bits per heavy atom. The molecule has 2 heterocycles. The second-order valence-corrected chi connectivity index (χ2v) is 12.2. The molecule has 2 N–H and O–H groups in total. The minimum atomic E-state index is 0.416. The molecule has 38 heavy (non-hydrogen) atoms. The van der Waals surface area contributed by atoms with Gasteiger partial charge in [-0.15, -0.1) is 0 Å². The fraction of sp³-hybridized carbons (Fsp3) is 0.353. The second-order valence-electron chi connectivity index (χ2n) is 12.2. The maximum absolute atomic E-state index is 5.03. The van der Waals surface area contributed by atoms with E-state index in [1.807, 2.05) is 0 Å². The van der Waals surface area contributed by atoms with Crippen LogP contribution in [0.1, 0.15) is 84.8 Å². The predicted octanol–water partition coefficient (Wildman–Crippen LogP) is 7.83. The number of rotatable bonds is 2. The second kappa shape index (κ2) is 7.92. The first-order valence-corrected chi connectivity index (χ1v) is 14.4. The van der Waals surface area contributed by atoms with Gasteiger partial charge in [0.1, 0.15) is 11.6 Å². The van der Waals surface area contributed by atoms with Crippen LogP contribution in [0.5, 0.6) is 0 Å². The third kappa shape index (κ3) is 3.15. The van der Waals surface area contributed by atoms with Gasteiger partial charge < -0.3 is 9.97 Å². The van der Waals surface area contributed by atoms with E-state index in [-0.39, 0.29) is 0 Å². The van der Waals surface area contributed by atoms with E-state index < -0.39 is 0 Å². The van der Waals surface area contributed by atoms with Gasteiger partial charge in [-0.05, 0) is 94.8 Å². The van der Waals surface area contributed by atoms with E-state index in [0.29, 0.717) is 11.8 Å². The number of imidazole rings is 2. The third-order valence-corrected chi connectivity index (χ3v) is 9.11. The number of H-pyrrole nitrogens is 2. The summed E-state index contributed by atoms with van der Waals surface area (Å²) in [5.74, 6) is 3.06. The Bertz CT molecular complexity index is 1780. The lowest BCUT2D eigenvalue weighted by Gasteiger charge is -2.26. The number of fused-ring (bicyclic) bond motifs is 11. The van der Waals surface area contributed by atoms with Gasteiger partial charge in [-0.25, -0.2) is 9.97 Å². The summed E-state index contributed by atoms with van der Waals surface area (Å²) in [5, 5.41) is 2.78. The van der Waals surface area contributed by atoms with Crippen LogP contribution in [-0.4, -0.2) is 19.9 Å². The number of hydrogen-bond acceptors (Lipinski definition) is 2. The zero-order chi connectivity index (χ0) is 25.7. The van der Waals surface area contributed by atoms with Crippen molar-refractivity contribution in [2.75, 3.05) is 0 Å². The highest BCUT2D eigenvalue weighted by atomic mass is 15.0. The monoisotopic (exact) mass is 498 g/mol. The molecule has 190 valence electrons. The average Bonchev–Trinajstić information content (AvgIpc) is 3.56. The minimum Gasteiger partial charge on any atom is -0.345 e. The molecule has 0 unspecified atom stereocenters. The number of nitrogens with one attached hydrogen (secondary N) is 2. The number of aromatic nitrogens is 4. The molecule has 0 radical (unpaired) electrons. The van der Waals surface area contributed by atoms with Crippen LogP contribution in [0.4, 0.5) is 0 Å². The van der Waals surface area contributed by atoms with Gasteiger partial charge in [-0.1, -0.05) is 52.0 Å². The molecular formula is C34H34N4. The van der Waals surface area contributed by atoms with E-state index in [2.05, 4.69) is 74.1 Å². The van der Waals surface area contributed by atoms with Crippen LogP contribution in [0.15, 0.2) is 36.4 Å². The molecule has 3 aromatic carbocycles. The summed E-state index contributed by atoms with van der Waals surface area (Å²) < 4.78 is 0. The molecule has 4 nitrogen and oxygen atoms in total. The highest BCUT2D eigenvalue weighted by molar-refractivity contribution is 5.97. The molecule has 8 rings (SSSR count). The molecule has 0 aliphatic heterocycles. The summed E-state index contributed by atoms with van der Waals surface area (Å²) in [4.78, 5) is 17.3. The zero-order valence-electron chi connectivity index (χ0n) is 22.8. The topological polar surface area (TPSA) is 57.4 Å². The fourth-order valence-corrected chi connectivity index (χ4v) is 7.00. The molecule has 0 spiro atoms. The molecular weight excluding hydrogens is 464 g/mol. The Morgan fingerprint density at radius 2 is 1.13 bits per heavy atom. The van der Waals surface area contributed by atoms with Gasteiger partial charge >= 0.3 is 0 Å². The third-order valence-electron chi connectivity index (χ3n) is 9.11. The molecule has 0 atom stereocenters. The van der Waals surface area contributed by atoms with E-state index in [9.17, 15) is 0 Å². The largest absolute Gasteiger partial charge is 0.345 e. The van der Waals surface area contributed by atoms with Crippen molar-refractivity contribution in [2.45, 2.75) is 78.1 Å². The Hall–Kier alpha value is -3.66. The zero-order valence-corrected chi connectivity index (χ0v) is 22.8. The lowest BCUT2D eigenvalue weighted by molar-refractivity contribution is 0.787. The maximum atomic E-state index is 5.03. The van der Waals surface area contributed by atoms with Crippen LogP contribution in [0.25, 0.3) is 44.4 Å². The molecule has 3 aliphatic carbocycles. The first-order valence-electron chi connectivity index (χ1n) is 14.4. The van der Waals surface area contributed by atoms with Crippen LogP contribution < -0.4 is 0 Å². The Morgan fingerprint density at radius 3 is 1.79 bits per heavy atom. The number of benzene rings is 3. The smallest absolute Gasteiger partial charge is 0.109 e. The van der Waals surface area contributed by atoms with Crippen LogP contribution >= 0.6 is 0 Å². The van der Waals surface area contributed by atoms with Gasteiger partial charge in [0.15, 0.2) is 0 Å². The van der Waals surface area contributed by atoms with E-state index in [1.165, 1.54) is 78.1 Å². The molecule has 4 heteroatoms. The van der Waals surface area contributed by atoms with Crippen molar-refractivity contribution in [3.8, 4) is 33.6 Å². The van der Waals surface area contributed by atoms with Crippen molar-refractivity contribution in [1.82, 2.24) is 19.9 Å². The maximum Gasteiger partial charge on any atom is 0.109 e. The average molecular weight is 499 g/mol. The van der Waals surface area contributed by atoms with E-state index in [1.54, 1.807) is 0 Å². The molecule has 2 aromatic heterocycles. The molecule has 0 saturated heterocycles. The fourth-order valence-electron chi connectivity index (χ4n) is 7.00. The van der Waals surface area contributed by atoms with Crippen LogP contribution in [-0.2, 0) is 38.5 Å². The van der Waals surface area contributed by atoms with Crippen molar-refractivity contribution < 1.29 is 0 Å². The minimum absolute atomic E-state index is 0.416. The lowest BCUT2D eigenvalue weighted by Crippen LogP contribution is -2.10. The molecule has 0 bridgehead atoms. The van der Waals surface area contributed by atoms with Gasteiger partial charge in [0.2, 0.25) is 0 Å². The molecule has 5 aromatic rings. The number of nitrogens with zero attached hydrogens (tertiary/aromatic N) is 2. The van der Waals surface area contributed by atoms with Crippen molar-refractivity contribution in [3.63, 3.8) is 0 Å². The molecule has 3 aliphatic rings. The summed E-state index contributed by atoms with van der Waals surface area (Å²) in [7, 11) is 0. The summed E-state index contributed by atoms with van der Waals surface area (Å²) in [6.07, 6.45) is 6.43. The quantitative estimate of drug-likeness (QED) is 0.261. The van der Waals surface area contributed by atoms with Gasteiger partial charge in [0.25, 0.3) is 0 Å². The van der Waals surface area contributed by atoms with Gasteiger partial charge in [0, 0.05) is 34.4 Å². The Balaban J connectivity index is 1.25. The predicted molar refractivity (Wildman–Crippen MR) is 155 cm³/mol.